The lowest BCUT2D eigenvalue weighted by Crippen LogP contribution is -2.28. The lowest BCUT2D eigenvalue weighted by Gasteiger charge is -2.15. The average molecular weight is 531 g/mol. The number of allylic oxidation sites excluding steroid dienone is 1. The zero-order valence-electron chi connectivity index (χ0n) is 19.4. The van der Waals surface area contributed by atoms with Crippen LogP contribution in [-0.4, -0.2) is 44.4 Å². The minimum absolute atomic E-state index is 0.0547. The molecular formula is C23H23ClN6O5S. The van der Waals surface area contributed by atoms with Gasteiger partial charge in [-0.25, -0.2) is 0 Å². The van der Waals surface area contributed by atoms with E-state index in [0.717, 1.165) is 11.8 Å². The first-order valence-electron chi connectivity index (χ1n) is 10.6. The molecular weight excluding hydrogens is 508 g/mol. The number of nitrogens with one attached hydrogen (secondary N) is 2. The smallest absolute Gasteiger partial charge is 0.271 e. The first kappa shape index (κ1) is 26.7. The van der Waals surface area contributed by atoms with E-state index in [1.165, 1.54) is 18.2 Å². The summed E-state index contributed by atoms with van der Waals surface area (Å²) in [5.41, 5.74) is 0.409. The fourth-order valence-electron chi connectivity index (χ4n) is 3.15. The molecule has 0 bridgehead atoms. The molecule has 2 aromatic carbocycles. The molecule has 2 N–H and O–H groups in total. The van der Waals surface area contributed by atoms with Crippen molar-refractivity contribution in [3.8, 4) is 5.75 Å². The number of carbonyl (C=O) groups excluding carboxylic acids is 2. The Hall–Kier alpha value is -3.90. The first-order chi connectivity index (χ1) is 17.2. The molecule has 1 heterocycles. The molecule has 1 atom stereocenters. The van der Waals surface area contributed by atoms with Crippen molar-refractivity contribution in [2.75, 3.05) is 18.2 Å². The van der Waals surface area contributed by atoms with Crippen LogP contribution < -0.4 is 15.4 Å². The Morgan fingerprint density at radius 1 is 1.28 bits per heavy atom. The number of hydrogen-bond donors (Lipinski definition) is 2. The summed E-state index contributed by atoms with van der Waals surface area (Å²) < 4.78 is 6.85. The molecule has 1 aromatic heterocycles. The number of nitro groups is 1. The number of thioether (sulfide) groups is 1. The van der Waals surface area contributed by atoms with Gasteiger partial charge < -0.3 is 19.9 Å². The number of rotatable bonds is 11. The Balaban J connectivity index is 1.67. The maximum Gasteiger partial charge on any atom is 0.271 e. The molecule has 188 valence electrons. The largest absolute Gasteiger partial charge is 0.497 e. The second-order valence-corrected chi connectivity index (χ2v) is 8.77. The van der Waals surface area contributed by atoms with Gasteiger partial charge in [-0.05, 0) is 37.3 Å². The van der Waals surface area contributed by atoms with Crippen molar-refractivity contribution in [3.05, 3.63) is 81.6 Å². The maximum absolute atomic E-state index is 12.6. The lowest BCUT2D eigenvalue weighted by atomic mass is 10.2. The minimum atomic E-state index is -0.575. The Labute approximate surface area is 216 Å². The number of ether oxygens (including phenoxy) is 1. The molecule has 3 rings (SSSR count). The van der Waals surface area contributed by atoms with Crippen molar-refractivity contribution in [2.24, 2.45) is 0 Å². The number of nitro benzene ring substituents is 1. The number of anilines is 1. The molecule has 0 radical (unpaired) electrons. The molecule has 0 aliphatic rings. The van der Waals surface area contributed by atoms with Gasteiger partial charge in [0.05, 0.1) is 34.5 Å². The number of methoxy groups -OCH3 is 1. The summed E-state index contributed by atoms with van der Waals surface area (Å²) in [6.07, 6.45) is 1.65. The van der Waals surface area contributed by atoms with Crippen LogP contribution in [0.3, 0.4) is 0 Å². The number of halogens is 1. The van der Waals surface area contributed by atoms with Gasteiger partial charge in [0.25, 0.3) is 11.6 Å². The van der Waals surface area contributed by atoms with Gasteiger partial charge in [0.1, 0.15) is 5.75 Å². The van der Waals surface area contributed by atoms with Gasteiger partial charge in [-0.3, -0.25) is 19.7 Å². The highest BCUT2D eigenvalue weighted by atomic mass is 35.5. The summed E-state index contributed by atoms with van der Waals surface area (Å²) in [6.45, 7) is 5.88. The predicted molar refractivity (Wildman–Crippen MR) is 137 cm³/mol. The standard InChI is InChI=1S/C23H23ClN6O5S/c1-4-11-29-21(14(2)25-22(32)15-5-8-17(35-3)9-6-15)27-28-23(29)36-13-20(31)26-19-12-16(30(33)34)7-10-18(19)24/h4-10,12,14H,1,11,13H2,2-3H3,(H,25,32)(H,26,31)/t14-/m0/s1. The zero-order chi connectivity index (χ0) is 26.2. The lowest BCUT2D eigenvalue weighted by molar-refractivity contribution is -0.384. The fourth-order valence-corrected chi connectivity index (χ4v) is 4.07. The Morgan fingerprint density at radius 2 is 2.00 bits per heavy atom. The summed E-state index contributed by atoms with van der Waals surface area (Å²) in [4.78, 5) is 35.5. The number of amides is 2. The molecule has 0 saturated heterocycles. The summed E-state index contributed by atoms with van der Waals surface area (Å²) in [7, 11) is 1.55. The van der Waals surface area contributed by atoms with E-state index < -0.39 is 16.9 Å². The van der Waals surface area contributed by atoms with E-state index in [1.54, 1.807) is 48.9 Å². The van der Waals surface area contributed by atoms with Crippen molar-refractivity contribution in [2.45, 2.75) is 24.7 Å². The molecule has 0 fully saturated rings. The van der Waals surface area contributed by atoms with Crippen molar-refractivity contribution in [1.29, 1.82) is 0 Å². The van der Waals surface area contributed by atoms with E-state index in [0.29, 0.717) is 28.8 Å². The molecule has 36 heavy (non-hydrogen) atoms. The number of nitrogens with zero attached hydrogens (tertiary/aromatic N) is 4. The molecule has 0 aliphatic heterocycles. The van der Waals surface area contributed by atoms with Crippen LogP contribution in [0.1, 0.15) is 29.1 Å². The van der Waals surface area contributed by atoms with Gasteiger partial charge >= 0.3 is 0 Å². The van der Waals surface area contributed by atoms with Crippen LogP contribution in [0.2, 0.25) is 5.02 Å². The van der Waals surface area contributed by atoms with E-state index >= 15 is 0 Å². The van der Waals surface area contributed by atoms with E-state index in [9.17, 15) is 19.7 Å². The van der Waals surface area contributed by atoms with Crippen LogP contribution in [0.25, 0.3) is 0 Å². The summed E-state index contributed by atoms with van der Waals surface area (Å²) in [5.74, 6) is 0.352. The van der Waals surface area contributed by atoms with Gasteiger partial charge in [-0.15, -0.1) is 16.8 Å². The average Bonchev–Trinajstić information content (AvgIpc) is 3.26. The first-order valence-corrected chi connectivity index (χ1v) is 11.9. The third-order valence-electron chi connectivity index (χ3n) is 4.91. The number of benzene rings is 2. The summed E-state index contributed by atoms with van der Waals surface area (Å²) in [5, 5.41) is 25.4. The van der Waals surface area contributed by atoms with Gasteiger partial charge in [0, 0.05) is 24.2 Å². The molecule has 0 aliphatic carbocycles. The van der Waals surface area contributed by atoms with Crippen LogP contribution in [0, 0.1) is 10.1 Å². The van der Waals surface area contributed by atoms with E-state index in [2.05, 4.69) is 27.4 Å². The van der Waals surface area contributed by atoms with E-state index in [-0.39, 0.29) is 28.1 Å². The molecule has 0 spiro atoms. The molecule has 13 heteroatoms. The van der Waals surface area contributed by atoms with Gasteiger partial charge in [-0.1, -0.05) is 29.4 Å². The monoisotopic (exact) mass is 530 g/mol. The third-order valence-corrected chi connectivity index (χ3v) is 6.21. The number of aromatic nitrogens is 3. The van der Waals surface area contributed by atoms with Crippen LogP contribution in [0.15, 0.2) is 60.3 Å². The van der Waals surface area contributed by atoms with Crippen molar-refractivity contribution < 1.29 is 19.2 Å². The van der Waals surface area contributed by atoms with Gasteiger partial charge in [-0.2, -0.15) is 0 Å². The highest BCUT2D eigenvalue weighted by Crippen LogP contribution is 2.27. The fraction of sp³-hybridized carbons (Fsp3) is 0.217. The maximum atomic E-state index is 12.6. The minimum Gasteiger partial charge on any atom is -0.497 e. The number of non-ortho nitro benzene ring substituents is 1. The molecule has 2 amide bonds. The summed E-state index contributed by atoms with van der Waals surface area (Å²) >= 11 is 7.16. The van der Waals surface area contributed by atoms with Crippen molar-refractivity contribution >= 4 is 46.6 Å². The molecule has 0 saturated carbocycles. The van der Waals surface area contributed by atoms with Crippen molar-refractivity contribution in [1.82, 2.24) is 20.1 Å². The normalized spacial score (nSPS) is 11.4. The van der Waals surface area contributed by atoms with Gasteiger partial charge in [0.2, 0.25) is 5.91 Å². The van der Waals surface area contributed by atoms with Crippen LogP contribution in [0.4, 0.5) is 11.4 Å². The number of carbonyl (C=O) groups is 2. The Kier molecular flexibility index (Phi) is 9.03. The zero-order valence-corrected chi connectivity index (χ0v) is 21.0. The highest BCUT2D eigenvalue weighted by Gasteiger charge is 2.21. The van der Waals surface area contributed by atoms with E-state index in [4.69, 9.17) is 16.3 Å². The van der Waals surface area contributed by atoms with Crippen LogP contribution in [0.5, 0.6) is 5.75 Å². The predicted octanol–water partition coefficient (Wildman–Crippen LogP) is 4.26. The molecule has 0 unspecified atom stereocenters. The topological polar surface area (TPSA) is 141 Å². The quantitative estimate of drug-likeness (QED) is 0.162. The number of hydrogen-bond acceptors (Lipinski definition) is 8. The highest BCUT2D eigenvalue weighted by molar-refractivity contribution is 7.99. The van der Waals surface area contributed by atoms with Gasteiger partial charge in [0.15, 0.2) is 11.0 Å². The molecule has 11 nitrogen and oxygen atoms in total. The Morgan fingerprint density at radius 3 is 2.64 bits per heavy atom. The third kappa shape index (κ3) is 6.61. The second kappa shape index (κ2) is 12.2. The van der Waals surface area contributed by atoms with Crippen LogP contribution >= 0.6 is 23.4 Å². The van der Waals surface area contributed by atoms with E-state index in [1.807, 2.05) is 0 Å². The second-order valence-electron chi connectivity index (χ2n) is 7.42. The van der Waals surface area contributed by atoms with Crippen LogP contribution in [-0.2, 0) is 11.3 Å². The molecule has 3 aromatic rings. The SMILES string of the molecule is C=CCn1c(SCC(=O)Nc2cc([N+](=O)[O-])ccc2Cl)nnc1[C@H](C)NC(=O)c1ccc(OC)cc1. The Bertz CT molecular complexity index is 1280. The summed E-state index contributed by atoms with van der Waals surface area (Å²) in [6, 6.07) is 10.00. The van der Waals surface area contributed by atoms with Crippen molar-refractivity contribution in [3.63, 3.8) is 0 Å².